The van der Waals surface area contributed by atoms with E-state index in [1.807, 2.05) is 0 Å². The molecular weight excluding hydrogens is 182 g/mol. The minimum absolute atomic E-state index is 0.185. The number of aliphatic hydroxyl groups is 1. The average Bonchev–Trinajstić information content (AvgIpc) is 2.54. The Morgan fingerprint density at radius 1 is 1.57 bits per heavy atom. The fourth-order valence-electron chi connectivity index (χ4n) is 1.71. The zero-order valence-electron chi connectivity index (χ0n) is 8.09. The van der Waals surface area contributed by atoms with E-state index in [9.17, 15) is 0 Å². The fourth-order valence-corrected chi connectivity index (χ4v) is 1.71. The number of nitrogens with zero attached hydrogens (tertiary/aromatic N) is 3. The smallest absolute Gasteiger partial charge is 0.240 e. The van der Waals surface area contributed by atoms with E-state index >= 15 is 0 Å². The first-order valence-electron chi connectivity index (χ1n) is 5.00. The summed E-state index contributed by atoms with van der Waals surface area (Å²) >= 11 is 0. The van der Waals surface area contributed by atoms with Gasteiger partial charge in [-0.3, -0.25) is 4.90 Å². The summed E-state index contributed by atoms with van der Waals surface area (Å²) in [6, 6.07) is 0.592. The lowest BCUT2D eigenvalue weighted by Gasteiger charge is -2.36. The molecule has 1 heterocycles. The van der Waals surface area contributed by atoms with E-state index in [0.717, 1.165) is 0 Å². The van der Waals surface area contributed by atoms with Gasteiger partial charge in [-0.2, -0.15) is 4.98 Å². The largest absolute Gasteiger partial charge is 0.395 e. The van der Waals surface area contributed by atoms with Crippen molar-refractivity contribution in [2.45, 2.75) is 31.8 Å². The zero-order chi connectivity index (χ0) is 9.80. The number of aliphatic hydroxyl groups excluding tert-OH is 1. The highest BCUT2D eigenvalue weighted by atomic mass is 16.5. The van der Waals surface area contributed by atoms with Crippen molar-refractivity contribution in [2.24, 2.45) is 0 Å². The third-order valence-corrected chi connectivity index (χ3v) is 2.72. The molecule has 1 aromatic rings. The van der Waals surface area contributed by atoms with E-state index in [2.05, 4.69) is 15.0 Å². The summed E-state index contributed by atoms with van der Waals surface area (Å²) in [7, 11) is 0. The number of rotatable bonds is 5. The van der Waals surface area contributed by atoms with Crippen LogP contribution < -0.4 is 0 Å². The Balaban J connectivity index is 1.89. The third kappa shape index (κ3) is 2.10. The number of aromatic nitrogens is 2. The van der Waals surface area contributed by atoms with Gasteiger partial charge in [0.25, 0.3) is 0 Å². The summed E-state index contributed by atoms with van der Waals surface area (Å²) in [5, 5.41) is 12.5. The molecule has 0 radical (unpaired) electrons. The van der Waals surface area contributed by atoms with Crippen LogP contribution in [0.4, 0.5) is 0 Å². The van der Waals surface area contributed by atoms with Crippen molar-refractivity contribution in [3.8, 4) is 0 Å². The molecule has 1 aromatic heterocycles. The molecule has 0 aromatic carbocycles. The van der Waals surface area contributed by atoms with E-state index in [0.29, 0.717) is 25.0 Å². The maximum Gasteiger partial charge on any atom is 0.240 e. The van der Waals surface area contributed by atoms with E-state index in [4.69, 9.17) is 9.63 Å². The van der Waals surface area contributed by atoms with Crippen LogP contribution in [0.15, 0.2) is 10.9 Å². The first-order chi connectivity index (χ1) is 6.90. The highest BCUT2D eigenvalue weighted by molar-refractivity contribution is 4.83. The van der Waals surface area contributed by atoms with Gasteiger partial charge in [-0.1, -0.05) is 11.6 Å². The Morgan fingerprint density at radius 2 is 2.43 bits per heavy atom. The van der Waals surface area contributed by atoms with Gasteiger partial charge in [-0.15, -0.1) is 0 Å². The quantitative estimate of drug-likeness (QED) is 0.741. The van der Waals surface area contributed by atoms with Crippen LogP contribution in [0.1, 0.15) is 25.2 Å². The molecule has 0 unspecified atom stereocenters. The van der Waals surface area contributed by atoms with Crippen molar-refractivity contribution >= 4 is 0 Å². The second kappa shape index (κ2) is 4.52. The second-order valence-corrected chi connectivity index (χ2v) is 3.61. The maximum absolute atomic E-state index is 8.93. The summed E-state index contributed by atoms with van der Waals surface area (Å²) in [6.45, 7) is 1.53. The third-order valence-electron chi connectivity index (χ3n) is 2.72. The predicted molar refractivity (Wildman–Crippen MR) is 49.4 cm³/mol. The van der Waals surface area contributed by atoms with E-state index < -0.39 is 0 Å². The zero-order valence-corrected chi connectivity index (χ0v) is 8.09. The summed E-state index contributed by atoms with van der Waals surface area (Å²) in [5.41, 5.74) is 0. The Kier molecular flexibility index (Phi) is 3.10. The molecule has 0 atom stereocenters. The maximum atomic E-state index is 8.93. The molecule has 78 valence electrons. The normalized spacial score (nSPS) is 17.3. The fraction of sp³-hybridized carbons (Fsp3) is 0.778. The molecule has 1 N–H and O–H groups in total. The molecule has 0 spiro atoms. The van der Waals surface area contributed by atoms with Crippen LogP contribution in [-0.4, -0.2) is 39.3 Å². The van der Waals surface area contributed by atoms with Gasteiger partial charge in [0.1, 0.15) is 0 Å². The van der Waals surface area contributed by atoms with Gasteiger partial charge in [0.2, 0.25) is 5.89 Å². The highest BCUT2D eigenvalue weighted by Crippen LogP contribution is 2.25. The molecule has 0 saturated heterocycles. The predicted octanol–water partition coefficient (Wildman–Crippen LogP) is 0.416. The molecule has 1 fully saturated rings. The van der Waals surface area contributed by atoms with Crippen molar-refractivity contribution in [3.63, 3.8) is 0 Å². The van der Waals surface area contributed by atoms with Crippen molar-refractivity contribution in [3.05, 3.63) is 12.2 Å². The first-order valence-corrected chi connectivity index (χ1v) is 5.00. The lowest BCUT2D eigenvalue weighted by Crippen LogP contribution is -2.41. The van der Waals surface area contributed by atoms with E-state index in [1.165, 1.54) is 25.6 Å². The minimum atomic E-state index is 0.185. The highest BCUT2D eigenvalue weighted by Gasteiger charge is 2.25. The molecule has 5 nitrogen and oxygen atoms in total. The molecule has 2 rings (SSSR count). The number of hydrogen-bond donors (Lipinski definition) is 1. The summed E-state index contributed by atoms with van der Waals surface area (Å²) in [6.07, 6.45) is 5.13. The summed E-state index contributed by atoms with van der Waals surface area (Å²) in [4.78, 5) is 6.18. The molecule has 5 heteroatoms. The Labute approximate surface area is 82.7 Å². The molecule has 14 heavy (non-hydrogen) atoms. The van der Waals surface area contributed by atoms with E-state index in [-0.39, 0.29) is 6.61 Å². The summed E-state index contributed by atoms with van der Waals surface area (Å²) in [5.74, 6) is 0.630. The average molecular weight is 197 g/mol. The summed E-state index contributed by atoms with van der Waals surface area (Å²) < 4.78 is 4.94. The van der Waals surface area contributed by atoms with Crippen LogP contribution in [0.5, 0.6) is 0 Å². The molecule has 1 aliphatic carbocycles. The molecule has 0 bridgehead atoms. The topological polar surface area (TPSA) is 62.4 Å². The monoisotopic (exact) mass is 197 g/mol. The second-order valence-electron chi connectivity index (χ2n) is 3.61. The Hall–Kier alpha value is -0.940. The van der Waals surface area contributed by atoms with Crippen LogP contribution >= 0.6 is 0 Å². The lowest BCUT2D eigenvalue weighted by atomic mass is 9.91. The minimum Gasteiger partial charge on any atom is -0.395 e. The van der Waals surface area contributed by atoms with Crippen LogP contribution in [0.2, 0.25) is 0 Å². The van der Waals surface area contributed by atoms with Gasteiger partial charge >= 0.3 is 0 Å². The number of hydrogen-bond acceptors (Lipinski definition) is 5. The molecule has 1 aliphatic rings. The SMILES string of the molecule is OCCN(Cc1ncno1)C1CCC1. The van der Waals surface area contributed by atoms with Crippen molar-refractivity contribution in [1.82, 2.24) is 15.0 Å². The molecule has 1 saturated carbocycles. The molecule has 0 amide bonds. The van der Waals surface area contributed by atoms with Gasteiger partial charge in [-0.25, -0.2) is 0 Å². The first kappa shape index (κ1) is 9.61. The standard InChI is InChI=1S/C9H15N3O2/c13-5-4-12(8-2-1-3-8)6-9-10-7-11-14-9/h7-8,13H,1-6H2. The Morgan fingerprint density at radius 3 is 2.93 bits per heavy atom. The van der Waals surface area contributed by atoms with Gasteiger partial charge in [0.05, 0.1) is 13.2 Å². The van der Waals surface area contributed by atoms with Crippen LogP contribution in [0.3, 0.4) is 0 Å². The van der Waals surface area contributed by atoms with Gasteiger partial charge in [0, 0.05) is 12.6 Å². The van der Waals surface area contributed by atoms with Crippen LogP contribution in [0.25, 0.3) is 0 Å². The van der Waals surface area contributed by atoms with E-state index in [1.54, 1.807) is 0 Å². The Bertz CT molecular complexity index is 259. The van der Waals surface area contributed by atoms with Gasteiger partial charge < -0.3 is 9.63 Å². The van der Waals surface area contributed by atoms with Crippen molar-refractivity contribution in [1.29, 1.82) is 0 Å². The van der Waals surface area contributed by atoms with Crippen molar-refractivity contribution < 1.29 is 9.63 Å². The molecule has 0 aliphatic heterocycles. The van der Waals surface area contributed by atoms with Crippen LogP contribution in [0, 0.1) is 0 Å². The molecular formula is C9H15N3O2. The van der Waals surface area contributed by atoms with Gasteiger partial charge in [-0.05, 0) is 12.8 Å². The van der Waals surface area contributed by atoms with Crippen molar-refractivity contribution in [2.75, 3.05) is 13.2 Å². The van der Waals surface area contributed by atoms with Crippen LogP contribution in [-0.2, 0) is 6.54 Å². The lowest BCUT2D eigenvalue weighted by molar-refractivity contribution is 0.0838. The van der Waals surface area contributed by atoms with Gasteiger partial charge in [0.15, 0.2) is 6.33 Å².